The van der Waals surface area contributed by atoms with Crippen molar-refractivity contribution in [2.75, 3.05) is 20.3 Å². The lowest BCUT2D eigenvalue weighted by Gasteiger charge is -2.26. The van der Waals surface area contributed by atoms with Crippen LogP contribution in [0.3, 0.4) is 0 Å². The average Bonchev–Trinajstić information content (AvgIpc) is 3.01. The summed E-state index contributed by atoms with van der Waals surface area (Å²) in [6.45, 7) is 2.94. The number of imidazole rings is 1. The molecule has 1 unspecified atom stereocenters. The summed E-state index contributed by atoms with van der Waals surface area (Å²) in [7, 11) is 1.69. The predicted octanol–water partition coefficient (Wildman–Crippen LogP) is 2.91. The van der Waals surface area contributed by atoms with Gasteiger partial charge in [0.05, 0.1) is 30.8 Å². The van der Waals surface area contributed by atoms with Crippen LogP contribution in [0.4, 0.5) is 0 Å². The molecule has 2 aromatic carbocycles. The van der Waals surface area contributed by atoms with Crippen molar-refractivity contribution in [3.63, 3.8) is 0 Å². The first-order valence-electron chi connectivity index (χ1n) is 8.22. The van der Waals surface area contributed by atoms with Gasteiger partial charge in [-0.25, -0.2) is 4.98 Å². The Balaban J connectivity index is 1.56. The first kappa shape index (κ1) is 15.2. The molecule has 0 saturated heterocycles. The van der Waals surface area contributed by atoms with Crippen LogP contribution in [0.15, 0.2) is 48.5 Å². The van der Waals surface area contributed by atoms with Crippen molar-refractivity contribution < 1.29 is 9.47 Å². The van der Waals surface area contributed by atoms with E-state index in [2.05, 4.69) is 40.2 Å². The molecule has 0 radical (unpaired) electrons. The molecular formula is C19H21N3O2. The van der Waals surface area contributed by atoms with Gasteiger partial charge in [-0.15, -0.1) is 0 Å². The SMILES string of the molecule is COc1ccc2nc3n(c2c1)C(CNCc1ccccc1)COC3. The number of aromatic nitrogens is 2. The van der Waals surface area contributed by atoms with Crippen LogP contribution in [0, 0.1) is 0 Å². The van der Waals surface area contributed by atoms with E-state index in [9.17, 15) is 0 Å². The number of methoxy groups -OCH3 is 1. The molecule has 5 heteroatoms. The minimum atomic E-state index is 0.231. The second kappa shape index (κ2) is 6.63. The summed E-state index contributed by atoms with van der Waals surface area (Å²) in [6.07, 6.45) is 0. The smallest absolute Gasteiger partial charge is 0.136 e. The normalized spacial score (nSPS) is 17.0. The third-order valence-electron chi connectivity index (χ3n) is 4.43. The fraction of sp³-hybridized carbons (Fsp3) is 0.316. The number of fused-ring (bicyclic) bond motifs is 3. The van der Waals surface area contributed by atoms with Crippen molar-refractivity contribution in [3.05, 3.63) is 59.9 Å². The Bertz CT molecular complexity index is 829. The van der Waals surface area contributed by atoms with Crippen LogP contribution in [0.2, 0.25) is 0 Å². The maximum atomic E-state index is 5.74. The zero-order valence-electron chi connectivity index (χ0n) is 13.7. The van der Waals surface area contributed by atoms with E-state index in [-0.39, 0.29) is 6.04 Å². The lowest BCUT2D eigenvalue weighted by atomic mass is 10.2. The molecule has 0 saturated carbocycles. The molecular weight excluding hydrogens is 302 g/mol. The third kappa shape index (κ3) is 2.88. The maximum Gasteiger partial charge on any atom is 0.136 e. The number of hydrogen-bond donors (Lipinski definition) is 1. The largest absolute Gasteiger partial charge is 0.497 e. The Hall–Kier alpha value is -2.37. The minimum absolute atomic E-state index is 0.231. The van der Waals surface area contributed by atoms with Crippen molar-refractivity contribution in [1.82, 2.24) is 14.9 Å². The highest BCUT2D eigenvalue weighted by Crippen LogP contribution is 2.28. The van der Waals surface area contributed by atoms with Gasteiger partial charge in [-0.3, -0.25) is 0 Å². The van der Waals surface area contributed by atoms with Crippen molar-refractivity contribution in [2.24, 2.45) is 0 Å². The molecule has 1 N–H and O–H groups in total. The van der Waals surface area contributed by atoms with Gasteiger partial charge < -0.3 is 19.4 Å². The molecule has 0 fully saturated rings. The second-order valence-electron chi connectivity index (χ2n) is 6.04. The Morgan fingerprint density at radius 3 is 2.96 bits per heavy atom. The van der Waals surface area contributed by atoms with Crippen LogP contribution in [-0.2, 0) is 17.9 Å². The van der Waals surface area contributed by atoms with Crippen LogP contribution in [-0.4, -0.2) is 29.8 Å². The highest BCUT2D eigenvalue weighted by atomic mass is 16.5. The van der Waals surface area contributed by atoms with Crippen molar-refractivity contribution in [2.45, 2.75) is 19.2 Å². The molecule has 0 amide bonds. The van der Waals surface area contributed by atoms with Gasteiger partial charge >= 0.3 is 0 Å². The van der Waals surface area contributed by atoms with Crippen LogP contribution >= 0.6 is 0 Å². The lowest BCUT2D eigenvalue weighted by Crippen LogP contribution is -2.32. The quantitative estimate of drug-likeness (QED) is 0.784. The fourth-order valence-electron chi connectivity index (χ4n) is 3.25. The van der Waals surface area contributed by atoms with E-state index in [0.717, 1.165) is 35.7 Å². The number of nitrogens with zero attached hydrogens (tertiary/aromatic N) is 2. The monoisotopic (exact) mass is 323 g/mol. The molecule has 0 spiro atoms. The van der Waals surface area contributed by atoms with Gasteiger partial charge in [0.1, 0.15) is 18.2 Å². The highest BCUT2D eigenvalue weighted by molar-refractivity contribution is 5.78. The summed E-state index contributed by atoms with van der Waals surface area (Å²) in [4.78, 5) is 4.70. The minimum Gasteiger partial charge on any atom is -0.497 e. The predicted molar refractivity (Wildman–Crippen MR) is 93.1 cm³/mol. The molecule has 5 nitrogen and oxygen atoms in total. The van der Waals surface area contributed by atoms with Crippen LogP contribution in [0.5, 0.6) is 5.75 Å². The highest BCUT2D eigenvalue weighted by Gasteiger charge is 2.24. The van der Waals surface area contributed by atoms with E-state index in [0.29, 0.717) is 13.2 Å². The van der Waals surface area contributed by atoms with E-state index in [1.54, 1.807) is 7.11 Å². The van der Waals surface area contributed by atoms with E-state index in [1.165, 1.54) is 5.56 Å². The standard InChI is InChI=1S/C19H21N3O2/c1-23-16-7-8-17-18(9-16)22-15(12-24-13-19(22)21-17)11-20-10-14-5-3-2-4-6-14/h2-9,15,20H,10-13H2,1H3. The van der Waals surface area contributed by atoms with E-state index >= 15 is 0 Å². The van der Waals surface area contributed by atoms with Crippen LogP contribution in [0.25, 0.3) is 11.0 Å². The van der Waals surface area contributed by atoms with Gasteiger partial charge in [-0.2, -0.15) is 0 Å². The Kier molecular flexibility index (Phi) is 4.19. The van der Waals surface area contributed by atoms with Gasteiger partial charge in [0.2, 0.25) is 0 Å². The molecule has 4 rings (SSSR count). The van der Waals surface area contributed by atoms with Gasteiger partial charge in [0.25, 0.3) is 0 Å². The number of benzene rings is 2. The molecule has 3 aromatic rings. The zero-order chi connectivity index (χ0) is 16.4. The molecule has 1 aromatic heterocycles. The number of rotatable bonds is 5. The summed E-state index contributed by atoms with van der Waals surface area (Å²) >= 11 is 0. The molecule has 2 heterocycles. The molecule has 0 aliphatic carbocycles. The molecule has 24 heavy (non-hydrogen) atoms. The molecule has 124 valence electrons. The van der Waals surface area contributed by atoms with Crippen molar-refractivity contribution in [1.29, 1.82) is 0 Å². The van der Waals surface area contributed by atoms with Gasteiger partial charge in [0, 0.05) is 19.2 Å². The summed E-state index contributed by atoms with van der Waals surface area (Å²) < 4.78 is 13.4. The van der Waals surface area contributed by atoms with E-state index in [1.807, 2.05) is 18.2 Å². The fourth-order valence-corrected chi connectivity index (χ4v) is 3.25. The second-order valence-corrected chi connectivity index (χ2v) is 6.04. The Morgan fingerprint density at radius 1 is 1.25 bits per heavy atom. The number of hydrogen-bond acceptors (Lipinski definition) is 4. The van der Waals surface area contributed by atoms with Gasteiger partial charge in [-0.05, 0) is 17.7 Å². The van der Waals surface area contributed by atoms with Crippen LogP contribution in [0.1, 0.15) is 17.4 Å². The molecule has 1 aliphatic heterocycles. The summed E-state index contributed by atoms with van der Waals surface area (Å²) in [5.74, 6) is 1.84. The van der Waals surface area contributed by atoms with Crippen molar-refractivity contribution in [3.8, 4) is 5.75 Å². The summed E-state index contributed by atoms with van der Waals surface area (Å²) in [6, 6.07) is 16.7. The number of nitrogens with one attached hydrogen (secondary N) is 1. The zero-order valence-corrected chi connectivity index (χ0v) is 13.7. The third-order valence-corrected chi connectivity index (χ3v) is 4.43. The van der Waals surface area contributed by atoms with Crippen LogP contribution < -0.4 is 10.1 Å². The topological polar surface area (TPSA) is 48.3 Å². The first-order chi connectivity index (χ1) is 11.8. The number of ether oxygens (including phenoxy) is 2. The first-order valence-corrected chi connectivity index (χ1v) is 8.22. The Labute approximate surface area is 141 Å². The lowest BCUT2D eigenvalue weighted by molar-refractivity contribution is 0.0564. The molecule has 1 atom stereocenters. The molecule has 0 bridgehead atoms. The van der Waals surface area contributed by atoms with Gasteiger partial charge in [-0.1, -0.05) is 30.3 Å². The average molecular weight is 323 g/mol. The van der Waals surface area contributed by atoms with E-state index < -0.39 is 0 Å². The van der Waals surface area contributed by atoms with Gasteiger partial charge in [0.15, 0.2) is 0 Å². The molecule has 1 aliphatic rings. The Morgan fingerprint density at radius 2 is 2.12 bits per heavy atom. The summed E-state index contributed by atoms with van der Waals surface area (Å²) in [5.41, 5.74) is 3.38. The van der Waals surface area contributed by atoms with E-state index in [4.69, 9.17) is 14.5 Å². The summed E-state index contributed by atoms with van der Waals surface area (Å²) in [5, 5.41) is 3.54. The van der Waals surface area contributed by atoms with Crippen molar-refractivity contribution >= 4 is 11.0 Å². The maximum absolute atomic E-state index is 5.74.